The molecule has 0 spiro atoms. The van der Waals surface area contributed by atoms with Crippen LogP contribution in [0.15, 0.2) is 28.8 Å². The van der Waals surface area contributed by atoms with Gasteiger partial charge in [0.2, 0.25) is 0 Å². The number of aryl methyl sites for hydroxylation is 1. The van der Waals surface area contributed by atoms with E-state index in [4.69, 9.17) is 9.26 Å². The number of nitrogens with zero attached hydrogens (tertiary/aromatic N) is 3. The summed E-state index contributed by atoms with van der Waals surface area (Å²) in [5.41, 5.74) is 2.11. The molecule has 1 atom stereocenters. The number of aromatic nitrogens is 1. The third kappa shape index (κ3) is 2.87. The van der Waals surface area contributed by atoms with Crippen molar-refractivity contribution in [3.63, 3.8) is 0 Å². The fourth-order valence-corrected chi connectivity index (χ4v) is 3.40. The second-order valence-electron chi connectivity index (χ2n) is 6.58. The Morgan fingerprint density at radius 1 is 1.35 bits per heavy atom. The molecule has 2 aliphatic heterocycles. The fourth-order valence-electron chi connectivity index (χ4n) is 3.40. The second kappa shape index (κ2) is 6.36. The first kappa shape index (κ1) is 16.4. The van der Waals surface area contributed by atoms with Gasteiger partial charge in [0.05, 0.1) is 17.4 Å². The van der Waals surface area contributed by atoms with Crippen LogP contribution in [0.3, 0.4) is 0 Å². The molecule has 1 saturated heterocycles. The molecule has 2 aliphatic rings. The normalized spacial score (nSPS) is 19.3. The lowest BCUT2D eigenvalue weighted by molar-refractivity contribution is -0.120. The third-order valence-electron chi connectivity index (χ3n) is 4.79. The van der Waals surface area contributed by atoms with Gasteiger partial charge in [-0.3, -0.25) is 4.79 Å². The van der Waals surface area contributed by atoms with Crippen molar-refractivity contribution >= 4 is 23.3 Å². The molecule has 2 aromatic rings. The smallest absolute Gasteiger partial charge is 0.322 e. The average molecular weight is 356 g/mol. The van der Waals surface area contributed by atoms with Gasteiger partial charge < -0.3 is 24.4 Å². The largest absolute Gasteiger partial charge is 0.481 e. The maximum absolute atomic E-state index is 12.7. The van der Waals surface area contributed by atoms with Crippen LogP contribution in [0.2, 0.25) is 0 Å². The molecular formula is C18H20N4O4. The van der Waals surface area contributed by atoms with Crippen LogP contribution in [0.4, 0.5) is 16.2 Å². The number of likely N-dealkylation sites (N-methyl/N-ethyl adjacent to an activating group) is 1. The van der Waals surface area contributed by atoms with Crippen molar-refractivity contribution in [1.29, 1.82) is 0 Å². The highest BCUT2D eigenvalue weighted by atomic mass is 16.5. The summed E-state index contributed by atoms with van der Waals surface area (Å²) in [4.78, 5) is 27.7. The summed E-state index contributed by atoms with van der Waals surface area (Å²) >= 11 is 0. The SMILES string of the molecule is Cc1cc([C@H]2CCCN2C(=O)Nc2ccc3c(c2)OCC(=O)N3C)on1. The molecule has 1 aromatic carbocycles. The van der Waals surface area contributed by atoms with Crippen LogP contribution in [0, 0.1) is 6.92 Å². The topological polar surface area (TPSA) is 87.9 Å². The zero-order valence-corrected chi connectivity index (χ0v) is 14.7. The molecule has 1 fully saturated rings. The Hall–Kier alpha value is -3.03. The molecule has 4 rings (SSSR count). The van der Waals surface area contributed by atoms with E-state index in [2.05, 4.69) is 10.5 Å². The Morgan fingerprint density at radius 2 is 2.19 bits per heavy atom. The first-order valence-electron chi connectivity index (χ1n) is 8.57. The third-order valence-corrected chi connectivity index (χ3v) is 4.79. The van der Waals surface area contributed by atoms with Crippen molar-refractivity contribution in [2.45, 2.75) is 25.8 Å². The Kier molecular flexibility index (Phi) is 4.02. The number of nitrogens with one attached hydrogen (secondary N) is 1. The van der Waals surface area contributed by atoms with Crippen molar-refractivity contribution in [1.82, 2.24) is 10.1 Å². The van der Waals surface area contributed by atoms with Crippen LogP contribution in [0.25, 0.3) is 0 Å². The van der Waals surface area contributed by atoms with E-state index in [1.807, 2.05) is 13.0 Å². The van der Waals surface area contributed by atoms with Crippen molar-refractivity contribution in [3.8, 4) is 5.75 Å². The number of hydrogen-bond donors (Lipinski definition) is 1. The van der Waals surface area contributed by atoms with Crippen molar-refractivity contribution in [2.24, 2.45) is 0 Å². The Morgan fingerprint density at radius 3 is 2.96 bits per heavy atom. The summed E-state index contributed by atoms with van der Waals surface area (Å²) in [6.45, 7) is 2.52. The van der Waals surface area contributed by atoms with Crippen LogP contribution in [-0.2, 0) is 4.79 Å². The summed E-state index contributed by atoms with van der Waals surface area (Å²) in [7, 11) is 1.70. The van der Waals surface area contributed by atoms with E-state index < -0.39 is 0 Å². The molecule has 8 heteroatoms. The number of rotatable bonds is 2. The number of likely N-dealkylation sites (tertiary alicyclic amines) is 1. The zero-order valence-electron chi connectivity index (χ0n) is 14.7. The monoisotopic (exact) mass is 356 g/mol. The molecule has 8 nitrogen and oxygen atoms in total. The van der Waals surface area contributed by atoms with E-state index in [0.29, 0.717) is 29.4 Å². The van der Waals surface area contributed by atoms with E-state index in [9.17, 15) is 9.59 Å². The standard InChI is InChI=1S/C18H20N4O4/c1-11-8-16(26-20-11)14-4-3-7-22(14)18(24)19-12-5-6-13-15(9-12)25-10-17(23)21(13)2/h5-6,8-9,14H,3-4,7,10H2,1-2H3,(H,19,24)/t14-/m1/s1. The van der Waals surface area contributed by atoms with E-state index in [0.717, 1.165) is 18.5 Å². The van der Waals surface area contributed by atoms with E-state index in [1.54, 1.807) is 35.0 Å². The number of urea groups is 1. The van der Waals surface area contributed by atoms with Crippen LogP contribution in [-0.4, -0.2) is 42.2 Å². The van der Waals surface area contributed by atoms with Gasteiger partial charge in [0.25, 0.3) is 5.91 Å². The Labute approximate surface area is 150 Å². The molecule has 136 valence electrons. The number of carbonyl (C=O) groups excluding carboxylic acids is 2. The quantitative estimate of drug-likeness (QED) is 0.894. The first-order valence-corrected chi connectivity index (χ1v) is 8.57. The van der Waals surface area contributed by atoms with Gasteiger partial charge in [-0.1, -0.05) is 5.16 Å². The van der Waals surface area contributed by atoms with Crippen LogP contribution < -0.4 is 15.0 Å². The lowest BCUT2D eigenvalue weighted by atomic mass is 10.1. The fraction of sp³-hybridized carbons (Fsp3) is 0.389. The predicted molar refractivity (Wildman–Crippen MR) is 94.3 cm³/mol. The van der Waals surface area contributed by atoms with E-state index in [-0.39, 0.29) is 24.6 Å². The van der Waals surface area contributed by atoms with E-state index >= 15 is 0 Å². The molecule has 26 heavy (non-hydrogen) atoms. The summed E-state index contributed by atoms with van der Waals surface area (Å²) < 4.78 is 10.8. The number of fused-ring (bicyclic) bond motifs is 1. The predicted octanol–water partition coefficient (Wildman–Crippen LogP) is 2.71. The van der Waals surface area contributed by atoms with Gasteiger partial charge in [0.1, 0.15) is 5.75 Å². The summed E-state index contributed by atoms with van der Waals surface area (Å²) in [6, 6.07) is 6.84. The van der Waals surface area contributed by atoms with Gasteiger partial charge in [-0.25, -0.2) is 4.79 Å². The van der Waals surface area contributed by atoms with Gasteiger partial charge >= 0.3 is 6.03 Å². The van der Waals surface area contributed by atoms with Crippen LogP contribution in [0.5, 0.6) is 5.75 Å². The number of hydrogen-bond acceptors (Lipinski definition) is 5. The first-order chi connectivity index (χ1) is 12.5. The minimum Gasteiger partial charge on any atom is -0.481 e. The lowest BCUT2D eigenvalue weighted by Crippen LogP contribution is -2.36. The molecule has 0 aliphatic carbocycles. The molecule has 3 amide bonds. The highest BCUT2D eigenvalue weighted by Crippen LogP contribution is 2.35. The molecule has 0 radical (unpaired) electrons. The number of ether oxygens (including phenoxy) is 1. The van der Waals surface area contributed by atoms with Crippen molar-refractivity contribution in [3.05, 3.63) is 35.7 Å². The number of carbonyl (C=O) groups is 2. The number of amides is 3. The second-order valence-corrected chi connectivity index (χ2v) is 6.58. The maximum Gasteiger partial charge on any atom is 0.322 e. The summed E-state index contributed by atoms with van der Waals surface area (Å²) in [5.74, 6) is 1.19. The van der Waals surface area contributed by atoms with Crippen LogP contribution in [0.1, 0.15) is 30.3 Å². The highest BCUT2D eigenvalue weighted by Gasteiger charge is 2.33. The summed E-state index contributed by atoms with van der Waals surface area (Å²) in [6.07, 6.45) is 1.76. The molecule has 1 N–H and O–H groups in total. The maximum atomic E-state index is 12.7. The average Bonchev–Trinajstić information content (AvgIpc) is 3.27. The molecule has 0 saturated carbocycles. The van der Waals surface area contributed by atoms with Crippen molar-refractivity contribution in [2.75, 3.05) is 30.4 Å². The van der Waals surface area contributed by atoms with Gasteiger partial charge in [0.15, 0.2) is 12.4 Å². The van der Waals surface area contributed by atoms with E-state index in [1.165, 1.54) is 0 Å². The van der Waals surface area contributed by atoms with Crippen LogP contribution >= 0.6 is 0 Å². The molecule has 0 bridgehead atoms. The zero-order chi connectivity index (χ0) is 18.3. The molecule has 1 aromatic heterocycles. The molecular weight excluding hydrogens is 336 g/mol. The Bertz CT molecular complexity index is 863. The molecule has 3 heterocycles. The minimum absolute atomic E-state index is 0.0000561. The van der Waals surface area contributed by atoms with Gasteiger partial charge in [-0.2, -0.15) is 0 Å². The minimum atomic E-state index is -0.193. The van der Waals surface area contributed by atoms with Gasteiger partial charge in [-0.15, -0.1) is 0 Å². The number of anilines is 2. The Balaban J connectivity index is 1.50. The van der Waals surface area contributed by atoms with Crippen molar-refractivity contribution < 1.29 is 18.8 Å². The number of benzene rings is 1. The summed E-state index contributed by atoms with van der Waals surface area (Å²) in [5, 5.41) is 6.83. The lowest BCUT2D eigenvalue weighted by Gasteiger charge is -2.27. The van der Waals surface area contributed by atoms with Gasteiger partial charge in [0, 0.05) is 31.4 Å². The molecule has 0 unspecified atom stereocenters. The highest BCUT2D eigenvalue weighted by molar-refractivity contribution is 5.98. The van der Waals surface area contributed by atoms with Gasteiger partial charge in [-0.05, 0) is 31.9 Å².